The maximum Gasteiger partial charge on any atom is 0.333 e. The molecule has 0 aromatic rings. The minimum absolute atomic E-state index is 0.0814. The smallest absolute Gasteiger partial charge is 0.333 e. The van der Waals surface area contributed by atoms with Gasteiger partial charge in [0.25, 0.3) is 0 Å². The standard InChI is InChI=1S/C11H14O5/c1-3-14-11(13)7-4-8(15-6(2)12)10-9(5-7)16-10/h5,8-10H,3-4H2,1-2H3/t8-,9-,10+/m1/s1. The average Bonchev–Trinajstić information content (AvgIpc) is 2.96. The molecule has 0 aromatic heterocycles. The van der Waals surface area contributed by atoms with Gasteiger partial charge in [0.2, 0.25) is 0 Å². The summed E-state index contributed by atoms with van der Waals surface area (Å²) in [6, 6.07) is 0. The summed E-state index contributed by atoms with van der Waals surface area (Å²) in [4.78, 5) is 22.4. The SMILES string of the molecule is CCOC(=O)C1=C[C@H]2O[C@H]2[C@H](OC(C)=O)C1. The van der Waals surface area contributed by atoms with E-state index in [1.165, 1.54) is 6.92 Å². The van der Waals surface area contributed by atoms with Crippen LogP contribution in [0.2, 0.25) is 0 Å². The number of rotatable bonds is 3. The fourth-order valence-corrected chi connectivity index (χ4v) is 1.87. The van der Waals surface area contributed by atoms with E-state index in [9.17, 15) is 9.59 Å². The van der Waals surface area contributed by atoms with Crippen molar-refractivity contribution < 1.29 is 23.8 Å². The Labute approximate surface area is 93.4 Å². The summed E-state index contributed by atoms with van der Waals surface area (Å²) < 4.78 is 15.3. The molecular weight excluding hydrogens is 212 g/mol. The largest absolute Gasteiger partial charge is 0.463 e. The molecule has 0 bridgehead atoms. The van der Waals surface area contributed by atoms with Gasteiger partial charge in [0, 0.05) is 18.9 Å². The van der Waals surface area contributed by atoms with Crippen molar-refractivity contribution in [1.29, 1.82) is 0 Å². The molecule has 16 heavy (non-hydrogen) atoms. The molecule has 0 radical (unpaired) electrons. The highest BCUT2D eigenvalue weighted by Gasteiger charge is 2.49. The molecule has 5 heteroatoms. The molecule has 0 amide bonds. The Morgan fingerprint density at radius 3 is 2.94 bits per heavy atom. The number of epoxide rings is 1. The quantitative estimate of drug-likeness (QED) is 0.520. The van der Waals surface area contributed by atoms with Gasteiger partial charge in [0.1, 0.15) is 18.3 Å². The van der Waals surface area contributed by atoms with Crippen LogP contribution in [0.5, 0.6) is 0 Å². The molecule has 0 spiro atoms. The molecule has 0 saturated carbocycles. The Morgan fingerprint density at radius 2 is 2.31 bits per heavy atom. The van der Waals surface area contributed by atoms with Gasteiger partial charge in [-0.1, -0.05) is 0 Å². The molecule has 1 fully saturated rings. The summed E-state index contributed by atoms with van der Waals surface area (Å²) >= 11 is 0. The van der Waals surface area contributed by atoms with Gasteiger partial charge < -0.3 is 14.2 Å². The van der Waals surface area contributed by atoms with Crippen LogP contribution in [-0.2, 0) is 23.8 Å². The molecule has 1 heterocycles. The molecule has 88 valence electrons. The second-order valence-corrected chi connectivity index (χ2v) is 3.83. The lowest BCUT2D eigenvalue weighted by Crippen LogP contribution is -2.29. The van der Waals surface area contributed by atoms with Crippen LogP contribution in [0.25, 0.3) is 0 Å². The van der Waals surface area contributed by atoms with Crippen molar-refractivity contribution >= 4 is 11.9 Å². The van der Waals surface area contributed by atoms with Gasteiger partial charge >= 0.3 is 11.9 Å². The zero-order valence-electron chi connectivity index (χ0n) is 9.26. The maximum absolute atomic E-state index is 11.5. The van der Waals surface area contributed by atoms with Crippen molar-refractivity contribution in [2.24, 2.45) is 0 Å². The van der Waals surface area contributed by atoms with Gasteiger partial charge in [-0.05, 0) is 13.0 Å². The van der Waals surface area contributed by atoms with Crippen molar-refractivity contribution in [2.45, 2.75) is 38.6 Å². The van der Waals surface area contributed by atoms with Gasteiger partial charge in [0.15, 0.2) is 0 Å². The minimum Gasteiger partial charge on any atom is -0.463 e. The third-order valence-electron chi connectivity index (χ3n) is 2.57. The highest BCUT2D eigenvalue weighted by atomic mass is 16.6. The molecule has 1 saturated heterocycles. The molecule has 3 atom stereocenters. The van der Waals surface area contributed by atoms with Crippen molar-refractivity contribution in [3.63, 3.8) is 0 Å². The first-order valence-corrected chi connectivity index (χ1v) is 5.32. The maximum atomic E-state index is 11.5. The van der Waals surface area contributed by atoms with E-state index >= 15 is 0 Å². The van der Waals surface area contributed by atoms with E-state index in [4.69, 9.17) is 14.2 Å². The first-order chi connectivity index (χ1) is 7.61. The second kappa shape index (κ2) is 4.25. The summed E-state index contributed by atoms with van der Waals surface area (Å²) in [6.45, 7) is 3.43. The van der Waals surface area contributed by atoms with Crippen LogP contribution in [0.15, 0.2) is 11.6 Å². The summed E-state index contributed by atoms with van der Waals surface area (Å²) in [7, 11) is 0. The van der Waals surface area contributed by atoms with Crippen molar-refractivity contribution in [1.82, 2.24) is 0 Å². The number of esters is 2. The predicted octanol–water partition coefficient (Wildman–Crippen LogP) is 0.579. The Morgan fingerprint density at radius 1 is 1.56 bits per heavy atom. The molecule has 0 unspecified atom stereocenters. The average molecular weight is 226 g/mol. The van der Waals surface area contributed by atoms with Gasteiger partial charge in [-0.3, -0.25) is 4.79 Å². The Bertz CT molecular complexity index is 346. The topological polar surface area (TPSA) is 65.1 Å². The molecule has 2 rings (SSSR count). The van der Waals surface area contributed by atoms with Crippen LogP contribution in [0.1, 0.15) is 20.3 Å². The highest BCUT2D eigenvalue weighted by molar-refractivity contribution is 5.89. The molecule has 1 aliphatic heterocycles. The summed E-state index contributed by atoms with van der Waals surface area (Å²) in [5.74, 6) is -0.710. The summed E-state index contributed by atoms with van der Waals surface area (Å²) in [5, 5.41) is 0. The second-order valence-electron chi connectivity index (χ2n) is 3.83. The van der Waals surface area contributed by atoms with Crippen molar-refractivity contribution in [2.75, 3.05) is 6.61 Å². The fourth-order valence-electron chi connectivity index (χ4n) is 1.87. The monoisotopic (exact) mass is 226 g/mol. The first-order valence-electron chi connectivity index (χ1n) is 5.32. The van der Waals surface area contributed by atoms with Gasteiger partial charge in [-0.2, -0.15) is 0 Å². The number of ether oxygens (including phenoxy) is 3. The number of carbonyl (C=O) groups excluding carboxylic acids is 2. The van der Waals surface area contributed by atoms with Crippen LogP contribution >= 0.6 is 0 Å². The molecule has 0 N–H and O–H groups in total. The van der Waals surface area contributed by atoms with Crippen molar-refractivity contribution in [3.05, 3.63) is 11.6 Å². The molecule has 2 aliphatic rings. The third kappa shape index (κ3) is 2.24. The molecular formula is C11H14O5. The Hall–Kier alpha value is -1.36. The van der Waals surface area contributed by atoms with E-state index in [2.05, 4.69) is 0 Å². The summed E-state index contributed by atoms with van der Waals surface area (Å²) in [6.07, 6.45) is 1.59. The zero-order valence-corrected chi connectivity index (χ0v) is 9.26. The van der Waals surface area contributed by atoms with Crippen LogP contribution < -0.4 is 0 Å². The first kappa shape index (κ1) is 11.1. The predicted molar refractivity (Wildman–Crippen MR) is 53.5 cm³/mol. The number of hydrogen-bond donors (Lipinski definition) is 0. The van der Waals surface area contributed by atoms with Gasteiger partial charge in [0.05, 0.1) is 6.61 Å². The number of hydrogen-bond acceptors (Lipinski definition) is 5. The van der Waals surface area contributed by atoms with E-state index in [0.717, 1.165) is 0 Å². The summed E-state index contributed by atoms with van der Waals surface area (Å²) in [5.41, 5.74) is 0.534. The normalized spacial score (nSPS) is 31.1. The van der Waals surface area contributed by atoms with Crippen LogP contribution in [0.3, 0.4) is 0 Å². The van der Waals surface area contributed by atoms with E-state index in [0.29, 0.717) is 18.6 Å². The number of carbonyl (C=O) groups is 2. The third-order valence-corrected chi connectivity index (χ3v) is 2.57. The fraction of sp³-hybridized carbons (Fsp3) is 0.636. The van der Waals surface area contributed by atoms with Gasteiger partial charge in [-0.25, -0.2) is 4.79 Å². The van der Waals surface area contributed by atoms with Gasteiger partial charge in [-0.15, -0.1) is 0 Å². The Kier molecular flexibility index (Phi) is 2.96. The molecule has 5 nitrogen and oxygen atoms in total. The highest BCUT2D eigenvalue weighted by Crippen LogP contribution is 2.37. The zero-order chi connectivity index (χ0) is 11.7. The Balaban J connectivity index is 2.01. The van der Waals surface area contributed by atoms with Crippen LogP contribution in [-0.4, -0.2) is 36.9 Å². The van der Waals surface area contributed by atoms with E-state index in [1.807, 2.05) is 0 Å². The lowest BCUT2D eigenvalue weighted by Gasteiger charge is -2.18. The van der Waals surface area contributed by atoms with Crippen LogP contribution in [0, 0.1) is 0 Å². The van der Waals surface area contributed by atoms with Crippen LogP contribution in [0.4, 0.5) is 0 Å². The molecule has 0 aromatic carbocycles. The lowest BCUT2D eigenvalue weighted by molar-refractivity contribution is -0.148. The minimum atomic E-state index is -0.357. The lowest BCUT2D eigenvalue weighted by atomic mass is 9.97. The number of fused-ring (bicyclic) bond motifs is 1. The van der Waals surface area contributed by atoms with E-state index in [1.54, 1.807) is 13.0 Å². The van der Waals surface area contributed by atoms with E-state index < -0.39 is 0 Å². The molecule has 1 aliphatic carbocycles. The van der Waals surface area contributed by atoms with Crippen molar-refractivity contribution in [3.8, 4) is 0 Å². The van der Waals surface area contributed by atoms with E-state index in [-0.39, 0.29) is 30.3 Å².